The summed E-state index contributed by atoms with van der Waals surface area (Å²) in [6, 6.07) is 7.24. The summed E-state index contributed by atoms with van der Waals surface area (Å²) in [5.74, 6) is -0.229. The molecule has 2 heterocycles. The van der Waals surface area contributed by atoms with Gasteiger partial charge in [0.2, 0.25) is 0 Å². The van der Waals surface area contributed by atoms with E-state index in [2.05, 4.69) is 5.32 Å². The summed E-state index contributed by atoms with van der Waals surface area (Å²) in [7, 11) is 0. The molecule has 1 aromatic carbocycles. The molecular weight excluding hydrogens is 423 g/mol. The smallest absolute Gasteiger partial charge is 0.259 e. The first-order chi connectivity index (χ1) is 14.4. The number of nitrogens with one attached hydrogen (secondary N) is 1. The third kappa shape index (κ3) is 2.75. The Bertz CT molecular complexity index is 1040. The Balaban J connectivity index is 1.74. The molecular formula is C23H22Cl2N2O3. The number of carbonyl (C=O) groups is 2. The van der Waals surface area contributed by atoms with Crippen molar-refractivity contribution in [2.45, 2.75) is 43.0 Å². The van der Waals surface area contributed by atoms with Crippen molar-refractivity contribution < 1.29 is 14.7 Å². The van der Waals surface area contributed by atoms with Gasteiger partial charge in [0.1, 0.15) is 11.1 Å². The summed E-state index contributed by atoms with van der Waals surface area (Å²) in [5, 5.41) is 13.8. The van der Waals surface area contributed by atoms with Crippen LogP contribution in [0.4, 0.5) is 5.69 Å². The molecule has 0 bridgehead atoms. The third-order valence-corrected chi connectivity index (χ3v) is 7.25. The lowest BCUT2D eigenvalue weighted by Gasteiger charge is -2.40. The van der Waals surface area contributed by atoms with Gasteiger partial charge in [0.05, 0.1) is 6.54 Å². The topological polar surface area (TPSA) is 69.6 Å². The van der Waals surface area contributed by atoms with Crippen LogP contribution in [-0.4, -0.2) is 34.3 Å². The predicted molar refractivity (Wildman–Crippen MR) is 117 cm³/mol. The Morgan fingerprint density at radius 2 is 1.93 bits per heavy atom. The highest BCUT2D eigenvalue weighted by molar-refractivity contribution is 6.35. The van der Waals surface area contributed by atoms with E-state index >= 15 is 0 Å². The number of benzene rings is 1. The van der Waals surface area contributed by atoms with E-state index in [1.165, 1.54) is 6.08 Å². The zero-order valence-corrected chi connectivity index (χ0v) is 17.8. The molecule has 1 aromatic rings. The van der Waals surface area contributed by atoms with E-state index in [-0.39, 0.29) is 29.9 Å². The first kappa shape index (κ1) is 19.7. The number of aliphatic hydroxyl groups is 1. The molecule has 4 aliphatic rings. The van der Waals surface area contributed by atoms with Crippen LogP contribution in [0.25, 0.3) is 0 Å². The van der Waals surface area contributed by atoms with Gasteiger partial charge in [0.15, 0.2) is 11.3 Å². The Morgan fingerprint density at radius 1 is 1.17 bits per heavy atom. The van der Waals surface area contributed by atoms with Crippen LogP contribution in [0.15, 0.2) is 59.0 Å². The van der Waals surface area contributed by atoms with Crippen LogP contribution in [-0.2, 0) is 9.59 Å². The largest absolute Gasteiger partial charge is 0.510 e. The van der Waals surface area contributed by atoms with E-state index < -0.39 is 10.9 Å². The lowest BCUT2D eigenvalue weighted by Crippen LogP contribution is -2.54. The maximum atomic E-state index is 13.7. The summed E-state index contributed by atoms with van der Waals surface area (Å²) in [6.45, 7) is 0.183. The van der Waals surface area contributed by atoms with Gasteiger partial charge in [-0.1, -0.05) is 36.9 Å². The molecule has 2 unspecified atom stereocenters. The number of allylic oxidation sites excluding steroid dienone is 2. The number of nitrogens with zero attached hydrogens (tertiary/aromatic N) is 1. The molecule has 7 heteroatoms. The number of carbonyl (C=O) groups excluding carboxylic acids is 2. The summed E-state index contributed by atoms with van der Waals surface area (Å²) >= 11 is 12.4. The van der Waals surface area contributed by atoms with E-state index in [0.29, 0.717) is 16.3 Å². The van der Waals surface area contributed by atoms with Gasteiger partial charge in [-0.2, -0.15) is 0 Å². The fourth-order valence-corrected chi connectivity index (χ4v) is 5.83. The Hall–Kier alpha value is -2.24. The van der Waals surface area contributed by atoms with Crippen LogP contribution in [0.1, 0.15) is 32.1 Å². The molecule has 2 aliphatic carbocycles. The number of ketones is 1. The number of rotatable bonds is 2. The van der Waals surface area contributed by atoms with Crippen LogP contribution >= 0.6 is 23.2 Å². The standard InChI is InChI=1S/C23H22Cl2N2O3/c24-14-7-4-8-15(9-14)27-12-20(29)21(13-5-2-1-3-6-13)23(27)16-10-19(28)17(25)11-18(16)26-22(23)30/h4,7-11,13,17,29H,1-3,5-6,12H2,(H,26,30). The fourth-order valence-electron chi connectivity index (χ4n) is 5.46. The van der Waals surface area contributed by atoms with E-state index in [4.69, 9.17) is 23.2 Å². The molecule has 2 N–H and O–H groups in total. The Kier molecular flexibility index (Phi) is 4.71. The molecule has 2 aliphatic heterocycles. The highest BCUT2D eigenvalue weighted by Crippen LogP contribution is 2.53. The maximum absolute atomic E-state index is 13.7. The number of anilines is 1. The zero-order valence-electron chi connectivity index (χ0n) is 16.3. The van der Waals surface area contributed by atoms with Gasteiger partial charge in [0.25, 0.3) is 5.91 Å². The second-order valence-corrected chi connectivity index (χ2v) is 9.27. The zero-order chi connectivity index (χ0) is 21.0. The molecule has 1 amide bonds. The van der Waals surface area contributed by atoms with Crippen LogP contribution < -0.4 is 10.2 Å². The average Bonchev–Trinajstić information content (AvgIpc) is 3.18. The van der Waals surface area contributed by atoms with Gasteiger partial charge in [-0.15, -0.1) is 11.6 Å². The second-order valence-electron chi connectivity index (χ2n) is 8.37. The maximum Gasteiger partial charge on any atom is 0.259 e. The van der Waals surface area contributed by atoms with Gasteiger partial charge < -0.3 is 15.3 Å². The summed E-state index contributed by atoms with van der Waals surface area (Å²) in [6.07, 6.45) is 8.16. The van der Waals surface area contributed by atoms with Gasteiger partial charge >= 0.3 is 0 Å². The highest BCUT2D eigenvalue weighted by atomic mass is 35.5. The number of halogens is 2. The molecule has 0 aromatic heterocycles. The van der Waals surface area contributed by atoms with Crippen molar-refractivity contribution in [1.29, 1.82) is 0 Å². The fraction of sp³-hybridized carbons (Fsp3) is 0.391. The minimum absolute atomic E-state index is 0.0813. The molecule has 5 rings (SSSR count). The van der Waals surface area contributed by atoms with Crippen molar-refractivity contribution in [3.8, 4) is 0 Å². The monoisotopic (exact) mass is 444 g/mol. The van der Waals surface area contributed by atoms with E-state index in [9.17, 15) is 14.7 Å². The van der Waals surface area contributed by atoms with E-state index in [0.717, 1.165) is 43.4 Å². The molecule has 1 saturated heterocycles. The molecule has 2 atom stereocenters. The summed E-state index contributed by atoms with van der Waals surface area (Å²) in [4.78, 5) is 28.1. The highest BCUT2D eigenvalue weighted by Gasteiger charge is 2.62. The molecule has 30 heavy (non-hydrogen) atoms. The summed E-state index contributed by atoms with van der Waals surface area (Å²) in [5.41, 5.74) is 1.29. The van der Waals surface area contributed by atoms with E-state index in [1.54, 1.807) is 18.2 Å². The molecule has 156 valence electrons. The molecule has 1 saturated carbocycles. The molecule has 2 fully saturated rings. The van der Waals surface area contributed by atoms with E-state index in [1.807, 2.05) is 17.0 Å². The van der Waals surface area contributed by atoms with Gasteiger partial charge in [-0.25, -0.2) is 0 Å². The van der Waals surface area contributed by atoms with Crippen molar-refractivity contribution in [3.05, 3.63) is 64.0 Å². The van der Waals surface area contributed by atoms with Crippen LogP contribution in [0.3, 0.4) is 0 Å². The second kappa shape index (κ2) is 7.17. The normalized spacial score (nSPS) is 29.3. The molecule has 5 nitrogen and oxygen atoms in total. The van der Waals surface area contributed by atoms with Crippen molar-refractivity contribution in [2.75, 3.05) is 11.4 Å². The van der Waals surface area contributed by atoms with Crippen LogP contribution in [0.5, 0.6) is 0 Å². The quantitative estimate of drug-likeness (QED) is 0.662. The average molecular weight is 445 g/mol. The predicted octanol–water partition coefficient (Wildman–Crippen LogP) is 4.42. The lowest BCUT2D eigenvalue weighted by atomic mass is 9.71. The third-order valence-electron chi connectivity index (χ3n) is 6.67. The molecule has 0 radical (unpaired) electrons. The summed E-state index contributed by atoms with van der Waals surface area (Å²) < 4.78 is 0. The van der Waals surface area contributed by atoms with Crippen LogP contribution in [0, 0.1) is 5.92 Å². The first-order valence-electron chi connectivity index (χ1n) is 10.3. The minimum Gasteiger partial charge on any atom is -0.510 e. The first-order valence-corrected chi connectivity index (χ1v) is 11.1. The van der Waals surface area contributed by atoms with Crippen molar-refractivity contribution in [2.24, 2.45) is 5.92 Å². The van der Waals surface area contributed by atoms with Crippen molar-refractivity contribution >= 4 is 40.6 Å². The van der Waals surface area contributed by atoms with Crippen molar-refractivity contribution in [3.63, 3.8) is 0 Å². The van der Waals surface area contributed by atoms with Crippen molar-refractivity contribution in [1.82, 2.24) is 5.32 Å². The number of aliphatic hydroxyl groups excluding tert-OH is 1. The number of fused-ring (bicyclic) bond motifs is 2. The Morgan fingerprint density at radius 3 is 2.67 bits per heavy atom. The van der Waals surface area contributed by atoms with Gasteiger partial charge in [-0.05, 0) is 49.1 Å². The van der Waals surface area contributed by atoms with Gasteiger partial charge in [0, 0.05) is 27.6 Å². The SMILES string of the molecule is O=C1C=C2C(=CC1Cl)NC(=O)C21C(C2CCCCC2)=C(O)CN1c1cccc(Cl)c1. The minimum atomic E-state index is -1.27. The number of alkyl halides is 1. The Labute approximate surface area is 185 Å². The molecule has 1 spiro atoms. The van der Waals surface area contributed by atoms with Crippen LogP contribution in [0.2, 0.25) is 5.02 Å². The number of hydrogen-bond acceptors (Lipinski definition) is 4. The lowest BCUT2D eigenvalue weighted by molar-refractivity contribution is -0.121. The number of hydrogen-bond donors (Lipinski definition) is 2. The number of amides is 1. The van der Waals surface area contributed by atoms with Gasteiger partial charge in [-0.3, -0.25) is 9.59 Å².